The van der Waals surface area contributed by atoms with Gasteiger partial charge in [-0.05, 0) is 42.2 Å². The summed E-state index contributed by atoms with van der Waals surface area (Å²) in [4.78, 5) is 43.9. The minimum atomic E-state index is -0.470. The number of hydrogen-bond acceptors (Lipinski definition) is 5. The molecule has 7 rings (SSSR count). The van der Waals surface area contributed by atoms with E-state index in [4.69, 9.17) is 4.74 Å². The molecule has 6 atom stereocenters. The molecule has 6 heteroatoms. The maximum Gasteiger partial charge on any atom is 0.313 e. The number of ether oxygens (including phenoxy) is 1. The molecule has 2 saturated carbocycles. The van der Waals surface area contributed by atoms with E-state index in [-0.39, 0.29) is 48.5 Å². The van der Waals surface area contributed by atoms with Crippen LogP contribution in [0.3, 0.4) is 0 Å². The number of nitrogens with zero attached hydrogens (tertiary/aromatic N) is 2. The predicted octanol–water partition coefficient (Wildman–Crippen LogP) is 2.58. The monoisotopic (exact) mass is 388 g/mol. The zero-order valence-electron chi connectivity index (χ0n) is 15.7. The Morgan fingerprint density at radius 1 is 1.03 bits per heavy atom. The molecule has 4 aliphatic carbocycles. The van der Waals surface area contributed by atoms with Crippen LogP contribution in [-0.2, 0) is 14.4 Å². The van der Waals surface area contributed by atoms with Crippen molar-refractivity contribution < 1.29 is 19.1 Å². The van der Waals surface area contributed by atoms with Crippen molar-refractivity contribution in [3.63, 3.8) is 0 Å². The molecule has 0 unspecified atom stereocenters. The average molecular weight is 388 g/mol. The Morgan fingerprint density at radius 3 is 2.45 bits per heavy atom. The predicted molar refractivity (Wildman–Crippen MR) is 103 cm³/mol. The molecule has 5 aliphatic rings. The van der Waals surface area contributed by atoms with E-state index in [2.05, 4.69) is 17.1 Å². The van der Waals surface area contributed by atoms with Crippen molar-refractivity contribution in [2.45, 2.75) is 12.8 Å². The van der Waals surface area contributed by atoms with Gasteiger partial charge in [-0.25, -0.2) is 0 Å². The first-order valence-corrected chi connectivity index (χ1v) is 10.2. The number of imide groups is 1. The third-order valence-electron chi connectivity index (χ3n) is 7.11. The standard InChI is InChI=1S/C23H20N2O4/c26-18(29-17-5-1-3-12-4-2-9-24-21(12)17)8-10-25-22(27)19-13-6-7-14(16-11-15(13)16)20(19)23(25)28/h1-7,9,13-16,19-20H,8,10-11H2/t13-,14+,15-,16+,19+,20-. The molecule has 1 aliphatic heterocycles. The van der Waals surface area contributed by atoms with Crippen LogP contribution >= 0.6 is 0 Å². The summed E-state index contributed by atoms with van der Waals surface area (Å²) in [6.45, 7) is 0.0798. The van der Waals surface area contributed by atoms with Gasteiger partial charge in [0.15, 0.2) is 5.75 Å². The fourth-order valence-corrected chi connectivity index (χ4v) is 5.77. The molecule has 0 radical (unpaired) electrons. The van der Waals surface area contributed by atoms with E-state index >= 15 is 0 Å². The smallest absolute Gasteiger partial charge is 0.313 e. The molecule has 1 aromatic heterocycles. The molecule has 0 spiro atoms. The maximum absolute atomic E-state index is 13.0. The molecular weight excluding hydrogens is 368 g/mol. The Hall–Kier alpha value is -3.02. The number of likely N-dealkylation sites (tertiary alicyclic amines) is 1. The van der Waals surface area contributed by atoms with Crippen LogP contribution in [0.15, 0.2) is 48.7 Å². The van der Waals surface area contributed by atoms with Gasteiger partial charge in [0.1, 0.15) is 5.52 Å². The fourth-order valence-electron chi connectivity index (χ4n) is 5.77. The van der Waals surface area contributed by atoms with Gasteiger partial charge in [-0.15, -0.1) is 0 Å². The van der Waals surface area contributed by atoms with Crippen molar-refractivity contribution in [2.75, 3.05) is 6.54 Å². The van der Waals surface area contributed by atoms with Crippen LogP contribution in [0.2, 0.25) is 0 Å². The van der Waals surface area contributed by atoms with Crippen LogP contribution in [0.1, 0.15) is 12.8 Å². The van der Waals surface area contributed by atoms with Crippen molar-refractivity contribution in [3.8, 4) is 5.75 Å². The maximum atomic E-state index is 13.0. The molecule has 1 saturated heterocycles. The van der Waals surface area contributed by atoms with Crippen LogP contribution < -0.4 is 4.74 Å². The lowest BCUT2D eigenvalue weighted by atomic mass is 9.63. The lowest BCUT2D eigenvalue weighted by Gasteiger charge is -2.37. The number of aromatic nitrogens is 1. The number of rotatable bonds is 4. The Morgan fingerprint density at radius 2 is 1.72 bits per heavy atom. The minimum Gasteiger partial charge on any atom is -0.424 e. The first-order chi connectivity index (χ1) is 14.1. The highest BCUT2D eigenvalue weighted by Gasteiger charge is 2.66. The quantitative estimate of drug-likeness (QED) is 0.348. The Balaban J connectivity index is 1.15. The second kappa shape index (κ2) is 5.99. The molecule has 1 aromatic carbocycles. The van der Waals surface area contributed by atoms with Crippen molar-refractivity contribution >= 4 is 28.7 Å². The number of amides is 2. The van der Waals surface area contributed by atoms with E-state index < -0.39 is 5.97 Å². The minimum absolute atomic E-state index is 0.0181. The summed E-state index contributed by atoms with van der Waals surface area (Å²) in [5.41, 5.74) is 0.615. The zero-order chi connectivity index (χ0) is 19.7. The molecule has 2 heterocycles. The number of allylic oxidation sites excluding steroid dienone is 2. The van der Waals surface area contributed by atoms with Gasteiger partial charge in [0, 0.05) is 18.1 Å². The van der Waals surface area contributed by atoms with Crippen molar-refractivity contribution in [1.82, 2.24) is 9.88 Å². The van der Waals surface area contributed by atoms with Gasteiger partial charge >= 0.3 is 5.97 Å². The summed E-state index contributed by atoms with van der Waals surface area (Å²) in [6.07, 6.45) is 7.07. The second-order valence-corrected chi connectivity index (χ2v) is 8.54. The van der Waals surface area contributed by atoms with Gasteiger partial charge in [-0.3, -0.25) is 24.3 Å². The topological polar surface area (TPSA) is 76.6 Å². The van der Waals surface area contributed by atoms with Gasteiger partial charge in [0.25, 0.3) is 0 Å². The first kappa shape index (κ1) is 16.9. The van der Waals surface area contributed by atoms with Gasteiger partial charge < -0.3 is 4.74 Å². The van der Waals surface area contributed by atoms with E-state index in [1.54, 1.807) is 18.3 Å². The highest BCUT2D eigenvalue weighted by atomic mass is 16.5. The van der Waals surface area contributed by atoms with Gasteiger partial charge in [0.05, 0.1) is 18.3 Å². The Kier molecular flexibility index (Phi) is 3.49. The van der Waals surface area contributed by atoms with Crippen LogP contribution in [0.5, 0.6) is 5.75 Å². The zero-order valence-corrected chi connectivity index (χ0v) is 15.7. The fraction of sp³-hybridized carbons (Fsp3) is 0.391. The van der Waals surface area contributed by atoms with Gasteiger partial charge in [-0.2, -0.15) is 0 Å². The van der Waals surface area contributed by atoms with E-state index in [0.717, 1.165) is 11.8 Å². The second-order valence-electron chi connectivity index (χ2n) is 8.54. The summed E-state index contributed by atoms with van der Waals surface area (Å²) in [7, 11) is 0. The molecule has 3 fully saturated rings. The molecule has 2 amide bonds. The molecule has 146 valence electrons. The summed E-state index contributed by atoms with van der Waals surface area (Å²) < 4.78 is 5.49. The van der Waals surface area contributed by atoms with Crippen LogP contribution in [-0.4, -0.2) is 34.2 Å². The summed E-state index contributed by atoms with van der Waals surface area (Å²) in [6, 6.07) is 9.12. The van der Waals surface area contributed by atoms with Crippen molar-refractivity contribution in [3.05, 3.63) is 48.7 Å². The Labute approximate surface area is 167 Å². The molecule has 0 N–H and O–H groups in total. The van der Waals surface area contributed by atoms with Crippen LogP contribution in [0, 0.1) is 35.5 Å². The highest BCUT2D eigenvalue weighted by Crippen LogP contribution is 2.65. The normalized spacial score (nSPS) is 33.7. The Bertz CT molecular complexity index is 1050. The average Bonchev–Trinajstić information content (AvgIpc) is 3.52. The van der Waals surface area contributed by atoms with E-state index in [9.17, 15) is 14.4 Å². The molecule has 2 aromatic rings. The number of esters is 1. The highest BCUT2D eigenvalue weighted by molar-refractivity contribution is 6.06. The van der Waals surface area contributed by atoms with Crippen molar-refractivity contribution in [2.24, 2.45) is 35.5 Å². The van der Waals surface area contributed by atoms with Gasteiger partial charge in [-0.1, -0.05) is 30.4 Å². The van der Waals surface area contributed by atoms with Crippen LogP contribution in [0.4, 0.5) is 0 Å². The number of fused-ring (bicyclic) bond motifs is 1. The molecule has 2 bridgehead atoms. The van der Waals surface area contributed by atoms with E-state index in [1.165, 1.54) is 4.90 Å². The van der Waals surface area contributed by atoms with Gasteiger partial charge in [0.2, 0.25) is 11.8 Å². The summed E-state index contributed by atoms with van der Waals surface area (Å²) in [5, 5.41) is 0.883. The third-order valence-corrected chi connectivity index (χ3v) is 7.11. The number of carbonyl (C=O) groups is 3. The summed E-state index contributed by atoms with van der Waals surface area (Å²) in [5.74, 6) is 0.812. The SMILES string of the molecule is O=C(CCN1C(=O)[C@@H]2[C@H]3C=C[C@H]([C@H]4C[C@@H]34)[C@@H]2C1=O)Oc1cccc2cccnc12. The summed E-state index contributed by atoms with van der Waals surface area (Å²) >= 11 is 0. The van der Waals surface area contributed by atoms with E-state index in [0.29, 0.717) is 23.1 Å². The van der Waals surface area contributed by atoms with Crippen molar-refractivity contribution in [1.29, 1.82) is 0 Å². The number of pyridine rings is 1. The van der Waals surface area contributed by atoms with E-state index in [1.807, 2.05) is 18.2 Å². The number of para-hydroxylation sites is 1. The molecule has 6 nitrogen and oxygen atoms in total. The molecular formula is C23H20N2O4. The number of benzene rings is 1. The largest absolute Gasteiger partial charge is 0.424 e. The lowest BCUT2D eigenvalue weighted by molar-refractivity contribution is -0.141. The number of hydrogen-bond donors (Lipinski definition) is 0. The number of carbonyl (C=O) groups excluding carboxylic acids is 3. The third kappa shape index (κ3) is 2.41. The first-order valence-electron chi connectivity index (χ1n) is 10.2. The lowest BCUT2D eigenvalue weighted by Crippen LogP contribution is -2.40. The van der Waals surface area contributed by atoms with Crippen LogP contribution in [0.25, 0.3) is 10.9 Å². The molecule has 29 heavy (non-hydrogen) atoms.